The number of amides is 3. The molecule has 1 heterocycles. The van der Waals surface area contributed by atoms with E-state index in [9.17, 15) is 27.9 Å². The molecule has 0 saturated carbocycles. The number of hydrogen-bond donors (Lipinski definition) is 3. The number of sulfone groups is 1. The van der Waals surface area contributed by atoms with Gasteiger partial charge in [0.05, 0.1) is 10.6 Å². The smallest absolute Gasteiger partial charge is 0.407 e. The highest BCUT2D eigenvalue weighted by Crippen LogP contribution is 2.23. The molecule has 3 rings (SSSR count). The van der Waals surface area contributed by atoms with E-state index < -0.39 is 39.8 Å². The van der Waals surface area contributed by atoms with E-state index in [0.717, 1.165) is 28.0 Å². The molecule has 0 aliphatic carbocycles. The highest BCUT2D eigenvalue weighted by Gasteiger charge is 2.33. The third-order valence-electron chi connectivity index (χ3n) is 6.03. The lowest BCUT2D eigenvalue weighted by Crippen LogP contribution is -2.56. The lowest BCUT2D eigenvalue weighted by Gasteiger charge is -2.33. The van der Waals surface area contributed by atoms with Gasteiger partial charge < -0.3 is 16.2 Å². The predicted octanol–water partition coefficient (Wildman–Crippen LogP) is 2.19. The molecule has 0 aromatic heterocycles. The lowest BCUT2D eigenvalue weighted by molar-refractivity contribution is -0.131. The first-order chi connectivity index (χ1) is 16.1. The van der Waals surface area contributed by atoms with Crippen molar-refractivity contribution in [2.24, 2.45) is 5.73 Å². The first-order valence-electron chi connectivity index (χ1n) is 11.1. The second kappa shape index (κ2) is 10.7. The Labute approximate surface area is 198 Å². The van der Waals surface area contributed by atoms with Gasteiger partial charge in [0.1, 0.15) is 12.1 Å². The third-order valence-corrected chi connectivity index (χ3v) is 7.78. The van der Waals surface area contributed by atoms with E-state index in [4.69, 9.17) is 5.73 Å². The molecular weight excluding hydrogens is 458 g/mol. The van der Waals surface area contributed by atoms with Gasteiger partial charge in [-0.05, 0) is 48.1 Å². The van der Waals surface area contributed by atoms with Crippen molar-refractivity contribution in [1.29, 1.82) is 0 Å². The number of benzene rings is 2. The Morgan fingerprint density at radius 2 is 1.65 bits per heavy atom. The van der Waals surface area contributed by atoms with Crippen LogP contribution in [0.4, 0.5) is 4.79 Å². The molecule has 4 N–H and O–H groups in total. The normalized spacial score (nSPS) is 17.1. The molecule has 1 fully saturated rings. The van der Waals surface area contributed by atoms with Crippen LogP contribution in [-0.4, -0.2) is 60.7 Å². The summed E-state index contributed by atoms with van der Waals surface area (Å²) in [5.41, 5.74) is 7.97. The molecule has 2 atom stereocenters. The van der Waals surface area contributed by atoms with E-state index in [0.29, 0.717) is 12.8 Å². The maximum absolute atomic E-state index is 12.7. The summed E-state index contributed by atoms with van der Waals surface area (Å²) in [6.45, 7) is 1.88. The van der Waals surface area contributed by atoms with Crippen LogP contribution in [0, 0.1) is 0 Å². The van der Waals surface area contributed by atoms with Crippen molar-refractivity contribution in [3.8, 4) is 11.1 Å². The van der Waals surface area contributed by atoms with Crippen LogP contribution in [0.25, 0.3) is 11.1 Å². The van der Waals surface area contributed by atoms with Gasteiger partial charge in [-0.3, -0.25) is 14.5 Å². The van der Waals surface area contributed by atoms with Crippen LogP contribution in [0.3, 0.4) is 0 Å². The Balaban J connectivity index is 1.69. The van der Waals surface area contributed by atoms with E-state index in [2.05, 4.69) is 5.32 Å². The number of carboxylic acid groups (broad SMARTS) is 1. The monoisotopic (exact) mass is 487 g/mol. The van der Waals surface area contributed by atoms with E-state index >= 15 is 0 Å². The van der Waals surface area contributed by atoms with Crippen molar-refractivity contribution >= 4 is 27.7 Å². The molecule has 1 aliphatic heterocycles. The summed E-state index contributed by atoms with van der Waals surface area (Å²) in [5.74, 6) is -1.19. The summed E-state index contributed by atoms with van der Waals surface area (Å²) in [6.07, 6.45) is 0.826. The zero-order chi connectivity index (χ0) is 24.9. The van der Waals surface area contributed by atoms with Gasteiger partial charge in [0.15, 0.2) is 9.84 Å². The Morgan fingerprint density at radius 3 is 2.18 bits per heavy atom. The molecule has 182 valence electrons. The fourth-order valence-electron chi connectivity index (χ4n) is 4.01. The van der Waals surface area contributed by atoms with E-state index in [1.807, 2.05) is 12.1 Å². The molecule has 0 radical (unpaired) electrons. The number of piperidine rings is 1. The van der Waals surface area contributed by atoms with Crippen molar-refractivity contribution in [3.05, 3.63) is 54.1 Å². The minimum Gasteiger partial charge on any atom is -0.465 e. The van der Waals surface area contributed by atoms with Crippen LogP contribution in [0.5, 0.6) is 0 Å². The summed E-state index contributed by atoms with van der Waals surface area (Å²) < 4.78 is 24.0. The second-order valence-corrected chi connectivity index (χ2v) is 10.6. The Morgan fingerprint density at radius 1 is 1.06 bits per heavy atom. The van der Waals surface area contributed by atoms with Gasteiger partial charge in [0.25, 0.3) is 0 Å². The summed E-state index contributed by atoms with van der Waals surface area (Å²) in [6, 6.07) is 12.1. The predicted molar refractivity (Wildman–Crippen MR) is 127 cm³/mol. The molecule has 0 bridgehead atoms. The standard InChI is InChI=1S/C24H29N3O6S/c1-2-34(32,33)19-12-10-18(11-13-19)17-8-6-16(7-9-17)15-20(22(25)28)26-23(29)21-5-3-4-14-27(21)24(30)31/h6-13,20-21H,2-5,14-15H2,1H3,(H2,25,28)(H,26,29)(H,30,31)/t20-,21?/m0/s1. The summed E-state index contributed by atoms with van der Waals surface area (Å²) in [7, 11) is -3.27. The SMILES string of the molecule is CCS(=O)(=O)c1ccc(-c2ccc(C[C@H](NC(=O)C3CCCCN3C(=O)O)C(N)=O)cc2)cc1. The van der Waals surface area contributed by atoms with Crippen molar-refractivity contribution < 1.29 is 27.9 Å². The average molecular weight is 488 g/mol. The summed E-state index contributed by atoms with van der Waals surface area (Å²) in [5, 5.41) is 12.0. The number of rotatable bonds is 8. The Hall–Kier alpha value is -3.40. The summed E-state index contributed by atoms with van der Waals surface area (Å²) in [4.78, 5) is 37.5. The first kappa shape index (κ1) is 25.2. The van der Waals surface area contributed by atoms with Gasteiger partial charge in [0, 0.05) is 13.0 Å². The zero-order valence-electron chi connectivity index (χ0n) is 18.9. The number of likely N-dealkylation sites (tertiary alicyclic amines) is 1. The maximum Gasteiger partial charge on any atom is 0.407 e. The first-order valence-corrected chi connectivity index (χ1v) is 12.8. The van der Waals surface area contributed by atoms with Gasteiger partial charge in [0.2, 0.25) is 11.8 Å². The van der Waals surface area contributed by atoms with Crippen molar-refractivity contribution in [3.63, 3.8) is 0 Å². The number of nitrogens with one attached hydrogen (secondary N) is 1. The van der Waals surface area contributed by atoms with E-state index in [1.54, 1.807) is 43.3 Å². The molecule has 0 spiro atoms. The molecule has 9 nitrogen and oxygen atoms in total. The largest absolute Gasteiger partial charge is 0.465 e. The number of hydrogen-bond acceptors (Lipinski definition) is 5. The quantitative estimate of drug-likeness (QED) is 0.520. The van der Waals surface area contributed by atoms with Gasteiger partial charge in [-0.2, -0.15) is 0 Å². The number of nitrogens with zero attached hydrogens (tertiary/aromatic N) is 1. The Bertz CT molecular complexity index is 1150. The molecule has 3 amide bonds. The Kier molecular flexibility index (Phi) is 7.93. The topological polar surface area (TPSA) is 147 Å². The zero-order valence-corrected chi connectivity index (χ0v) is 19.8. The average Bonchev–Trinajstić information content (AvgIpc) is 2.84. The van der Waals surface area contributed by atoms with Gasteiger partial charge in [-0.25, -0.2) is 13.2 Å². The van der Waals surface area contributed by atoms with Gasteiger partial charge in [-0.1, -0.05) is 43.3 Å². The third kappa shape index (κ3) is 5.93. The van der Waals surface area contributed by atoms with Gasteiger partial charge in [-0.15, -0.1) is 0 Å². The minimum atomic E-state index is -3.27. The fourth-order valence-corrected chi connectivity index (χ4v) is 4.90. The minimum absolute atomic E-state index is 0.0354. The van der Waals surface area contributed by atoms with Crippen LogP contribution in [0.1, 0.15) is 31.7 Å². The molecule has 1 aliphatic rings. The maximum atomic E-state index is 12.7. The van der Waals surface area contributed by atoms with Crippen LogP contribution in [0.15, 0.2) is 53.4 Å². The lowest BCUT2D eigenvalue weighted by atomic mass is 9.99. The van der Waals surface area contributed by atoms with Crippen molar-refractivity contribution in [2.75, 3.05) is 12.3 Å². The highest BCUT2D eigenvalue weighted by atomic mass is 32.2. The number of primary amides is 1. The number of carbonyl (C=O) groups is 3. The summed E-state index contributed by atoms with van der Waals surface area (Å²) >= 11 is 0. The molecule has 34 heavy (non-hydrogen) atoms. The second-order valence-electron chi connectivity index (χ2n) is 8.28. The van der Waals surface area contributed by atoms with E-state index in [-0.39, 0.29) is 23.6 Å². The highest BCUT2D eigenvalue weighted by molar-refractivity contribution is 7.91. The van der Waals surface area contributed by atoms with E-state index in [1.165, 1.54) is 0 Å². The van der Waals surface area contributed by atoms with Crippen molar-refractivity contribution in [1.82, 2.24) is 10.2 Å². The fraction of sp³-hybridized carbons (Fsp3) is 0.375. The van der Waals surface area contributed by atoms with Crippen LogP contribution in [0.2, 0.25) is 0 Å². The molecule has 2 aromatic carbocycles. The number of nitrogens with two attached hydrogens (primary N) is 1. The molecule has 1 unspecified atom stereocenters. The number of carbonyl (C=O) groups excluding carboxylic acids is 2. The van der Waals surface area contributed by atoms with Crippen LogP contribution >= 0.6 is 0 Å². The van der Waals surface area contributed by atoms with Gasteiger partial charge >= 0.3 is 6.09 Å². The van der Waals surface area contributed by atoms with Crippen LogP contribution in [-0.2, 0) is 25.8 Å². The molecule has 2 aromatic rings. The van der Waals surface area contributed by atoms with Crippen LogP contribution < -0.4 is 11.1 Å². The van der Waals surface area contributed by atoms with Crippen molar-refractivity contribution in [2.45, 2.75) is 49.6 Å². The molecule has 10 heteroatoms. The molecular formula is C24H29N3O6S. The molecule has 1 saturated heterocycles.